The summed E-state index contributed by atoms with van der Waals surface area (Å²) in [6.07, 6.45) is 3.41. The maximum absolute atomic E-state index is 12.4. The zero-order valence-electron chi connectivity index (χ0n) is 9.93. The van der Waals surface area contributed by atoms with Gasteiger partial charge in [-0.15, -0.1) is 5.10 Å². The summed E-state index contributed by atoms with van der Waals surface area (Å²) in [6.45, 7) is 6.09. The molecule has 1 saturated heterocycles. The van der Waals surface area contributed by atoms with Gasteiger partial charge in [0, 0.05) is 12.1 Å². The van der Waals surface area contributed by atoms with Crippen LogP contribution >= 0.6 is 11.5 Å². The Bertz CT molecular complexity index is 380. The molecule has 2 atom stereocenters. The molecule has 0 bridgehead atoms. The molecule has 16 heavy (non-hydrogen) atoms. The Morgan fingerprint density at radius 3 is 2.50 bits per heavy atom. The number of nitrogens with zero attached hydrogens (tertiary/aromatic N) is 3. The lowest BCUT2D eigenvalue weighted by molar-refractivity contribution is 0.0515. The number of carbonyl (C=O) groups is 1. The summed E-state index contributed by atoms with van der Waals surface area (Å²) in [4.78, 5) is 15.0. The number of amides is 1. The Hall–Kier alpha value is -0.970. The molecule has 0 aromatic carbocycles. The smallest absolute Gasteiger partial charge is 0.267 e. The highest BCUT2D eigenvalue weighted by molar-refractivity contribution is 7.07. The van der Waals surface area contributed by atoms with Gasteiger partial charge in [-0.25, -0.2) is 0 Å². The zero-order chi connectivity index (χ0) is 11.7. The first-order chi connectivity index (χ1) is 7.61. The lowest BCUT2D eigenvalue weighted by Gasteiger charge is -2.38. The Kier molecular flexibility index (Phi) is 3.23. The summed E-state index contributed by atoms with van der Waals surface area (Å²) in [5.41, 5.74) is 0.750. The van der Waals surface area contributed by atoms with Gasteiger partial charge in [0.05, 0.1) is 5.69 Å². The standard InChI is InChI=1S/C11H17N3OS/c1-7-5-4-6-8(2)14(7)11(15)10-9(3)12-13-16-10/h7-8H,4-6H2,1-3H3. The van der Waals surface area contributed by atoms with Crippen LogP contribution in [-0.2, 0) is 0 Å². The molecule has 0 radical (unpaired) electrons. The van der Waals surface area contributed by atoms with Gasteiger partial charge in [-0.3, -0.25) is 4.79 Å². The number of hydrogen-bond acceptors (Lipinski definition) is 4. The van der Waals surface area contributed by atoms with Crippen molar-refractivity contribution in [1.82, 2.24) is 14.5 Å². The Morgan fingerprint density at radius 1 is 1.38 bits per heavy atom. The Morgan fingerprint density at radius 2 is 2.00 bits per heavy atom. The fourth-order valence-electron chi connectivity index (χ4n) is 2.37. The Balaban J connectivity index is 2.23. The van der Waals surface area contributed by atoms with E-state index < -0.39 is 0 Å². The lowest BCUT2D eigenvalue weighted by Crippen LogP contribution is -2.47. The van der Waals surface area contributed by atoms with Gasteiger partial charge in [-0.05, 0) is 51.6 Å². The zero-order valence-corrected chi connectivity index (χ0v) is 10.8. The number of carbonyl (C=O) groups excluding carboxylic acids is 1. The van der Waals surface area contributed by atoms with Crippen molar-refractivity contribution in [2.45, 2.75) is 52.1 Å². The predicted molar refractivity (Wildman–Crippen MR) is 63.6 cm³/mol. The molecule has 0 aliphatic carbocycles. The van der Waals surface area contributed by atoms with E-state index in [2.05, 4.69) is 23.4 Å². The molecular formula is C11H17N3OS. The average molecular weight is 239 g/mol. The first-order valence-electron chi connectivity index (χ1n) is 5.73. The second-order valence-corrected chi connectivity index (χ2v) is 5.28. The largest absolute Gasteiger partial charge is 0.332 e. The van der Waals surface area contributed by atoms with Crippen LogP contribution in [0.25, 0.3) is 0 Å². The SMILES string of the molecule is Cc1nnsc1C(=O)N1C(C)CCCC1C. The van der Waals surface area contributed by atoms with Crippen LogP contribution in [0.2, 0.25) is 0 Å². The second-order valence-electron chi connectivity index (χ2n) is 4.53. The summed E-state index contributed by atoms with van der Waals surface area (Å²) < 4.78 is 3.83. The van der Waals surface area contributed by atoms with Gasteiger partial charge in [0.25, 0.3) is 5.91 Å². The molecule has 0 saturated carbocycles. The molecule has 1 amide bonds. The van der Waals surface area contributed by atoms with Crippen LogP contribution in [0.15, 0.2) is 0 Å². The number of rotatable bonds is 1. The minimum absolute atomic E-state index is 0.104. The quantitative estimate of drug-likeness (QED) is 0.755. The van der Waals surface area contributed by atoms with Crippen molar-refractivity contribution >= 4 is 17.4 Å². The predicted octanol–water partition coefficient (Wildman–Crippen LogP) is 2.25. The van der Waals surface area contributed by atoms with Crippen LogP contribution < -0.4 is 0 Å². The van der Waals surface area contributed by atoms with Gasteiger partial charge in [0.1, 0.15) is 4.88 Å². The van der Waals surface area contributed by atoms with Crippen molar-refractivity contribution in [3.63, 3.8) is 0 Å². The molecule has 1 aliphatic heterocycles. The molecule has 1 aliphatic rings. The lowest BCUT2D eigenvalue weighted by atomic mass is 9.97. The number of likely N-dealkylation sites (tertiary alicyclic amines) is 1. The van der Waals surface area contributed by atoms with E-state index in [-0.39, 0.29) is 5.91 Å². The van der Waals surface area contributed by atoms with Crippen LogP contribution in [0.4, 0.5) is 0 Å². The van der Waals surface area contributed by atoms with Gasteiger partial charge in [-0.2, -0.15) is 0 Å². The normalized spacial score (nSPS) is 25.8. The first kappa shape index (κ1) is 11.5. The van der Waals surface area contributed by atoms with Gasteiger partial charge < -0.3 is 4.90 Å². The van der Waals surface area contributed by atoms with E-state index >= 15 is 0 Å². The van der Waals surface area contributed by atoms with Crippen molar-refractivity contribution in [2.75, 3.05) is 0 Å². The molecular weight excluding hydrogens is 222 g/mol. The van der Waals surface area contributed by atoms with E-state index in [4.69, 9.17) is 0 Å². The van der Waals surface area contributed by atoms with Crippen LogP contribution in [0, 0.1) is 6.92 Å². The fraction of sp³-hybridized carbons (Fsp3) is 0.727. The molecule has 2 unspecified atom stereocenters. The maximum Gasteiger partial charge on any atom is 0.267 e. The highest BCUT2D eigenvalue weighted by Crippen LogP contribution is 2.25. The molecule has 88 valence electrons. The van der Waals surface area contributed by atoms with E-state index in [0.717, 1.165) is 18.5 Å². The van der Waals surface area contributed by atoms with Crippen molar-refractivity contribution in [3.8, 4) is 0 Å². The number of aromatic nitrogens is 2. The first-order valence-corrected chi connectivity index (χ1v) is 6.50. The average Bonchev–Trinajstić information content (AvgIpc) is 2.64. The molecule has 1 aromatic heterocycles. The molecule has 0 spiro atoms. The highest BCUT2D eigenvalue weighted by Gasteiger charge is 2.31. The molecule has 4 nitrogen and oxygen atoms in total. The third kappa shape index (κ3) is 1.96. The molecule has 0 N–H and O–H groups in total. The minimum Gasteiger partial charge on any atom is -0.332 e. The van der Waals surface area contributed by atoms with Crippen molar-refractivity contribution < 1.29 is 4.79 Å². The van der Waals surface area contributed by atoms with E-state index in [1.165, 1.54) is 18.0 Å². The summed E-state index contributed by atoms with van der Waals surface area (Å²) in [5.74, 6) is 0.104. The van der Waals surface area contributed by atoms with Crippen molar-refractivity contribution in [3.05, 3.63) is 10.6 Å². The number of piperidine rings is 1. The third-order valence-electron chi connectivity index (χ3n) is 3.27. The van der Waals surface area contributed by atoms with E-state index in [0.29, 0.717) is 17.0 Å². The van der Waals surface area contributed by atoms with Gasteiger partial charge in [-0.1, -0.05) is 4.49 Å². The van der Waals surface area contributed by atoms with Crippen LogP contribution in [0.1, 0.15) is 48.5 Å². The van der Waals surface area contributed by atoms with E-state index in [1.54, 1.807) is 0 Å². The van der Waals surface area contributed by atoms with Gasteiger partial charge in [0.15, 0.2) is 0 Å². The minimum atomic E-state index is 0.104. The molecule has 5 heteroatoms. The van der Waals surface area contributed by atoms with Gasteiger partial charge in [0.2, 0.25) is 0 Å². The van der Waals surface area contributed by atoms with Crippen molar-refractivity contribution in [1.29, 1.82) is 0 Å². The van der Waals surface area contributed by atoms with E-state index in [9.17, 15) is 4.79 Å². The maximum atomic E-state index is 12.4. The van der Waals surface area contributed by atoms with Crippen LogP contribution in [-0.4, -0.2) is 32.5 Å². The Labute approximate surface area is 99.8 Å². The van der Waals surface area contributed by atoms with Crippen molar-refractivity contribution in [2.24, 2.45) is 0 Å². The van der Waals surface area contributed by atoms with Crippen LogP contribution in [0.5, 0.6) is 0 Å². The summed E-state index contributed by atoms with van der Waals surface area (Å²) >= 11 is 1.20. The number of aryl methyl sites for hydroxylation is 1. The second kappa shape index (κ2) is 4.49. The monoisotopic (exact) mass is 239 g/mol. The number of hydrogen-bond donors (Lipinski definition) is 0. The summed E-state index contributed by atoms with van der Waals surface area (Å²) in [5, 5.41) is 3.90. The highest BCUT2D eigenvalue weighted by atomic mass is 32.1. The molecule has 1 fully saturated rings. The van der Waals surface area contributed by atoms with Gasteiger partial charge >= 0.3 is 0 Å². The van der Waals surface area contributed by atoms with E-state index in [1.807, 2.05) is 11.8 Å². The summed E-state index contributed by atoms with van der Waals surface area (Å²) in [7, 11) is 0. The molecule has 1 aromatic rings. The molecule has 2 rings (SSSR count). The molecule has 2 heterocycles. The summed E-state index contributed by atoms with van der Waals surface area (Å²) in [6, 6.07) is 0.662. The van der Waals surface area contributed by atoms with Crippen LogP contribution in [0.3, 0.4) is 0 Å². The third-order valence-corrected chi connectivity index (χ3v) is 4.09. The topological polar surface area (TPSA) is 46.1 Å². The fourth-order valence-corrected chi connectivity index (χ4v) is 2.97.